The van der Waals surface area contributed by atoms with Gasteiger partial charge >= 0.3 is 0 Å². The van der Waals surface area contributed by atoms with Gasteiger partial charge in [0.1, 0.15) is 29.4 Å². The molecular formula is C22H19F3N6O. The number of nitrogen functional groups attached to an aromatic ring is 1. The smallest absolute Gasteiger partial charge is 0.201 e. The quantitative estimate of drug-likeness (QED) is 0.487. The molecular weight excluding hydrogens is 421 g/mol. The minimum atomic E-state index is -1.15. The van der Waals surface area contributed by atoms with Crippen LogP contribution in [-0.4, -0.2) is 32.3 Å². The van der Waals surface area contributed by atoms with Gasteiger partial charge in [-0.25, -0.2) is 23.4 Å². The Morgan fingerprint density at radius 2 is 2.00 bits per heavy atom. The summed E-state index contributed by atoms with van der Waals surface area (Å²) in [6.07, 6.45) is 3.44. The predicted molar refractivity (Wildman–Crippen MR) is 113 cm³/mol. The number of hydrogen-bond donors (Lipinski definition) is 2. The van der Waals surface area contributed by atoms with Crippen LogP contribution in [0.4, 0.5) is 19.0 Å². The molecule has 1 unspecified atom stereocenters. The molecule has 1 fully saturated rings. The van der Waals surface area contributed by atoms with Crippen molar-refractivity contribution in [1.82, 2.24) is 25.1 Å². The third-order valence-corrected chi connectivity index (χ3v) is 5.45. The third kappa shape index (κ3) is 3.62. The molecule has 5 rings (SSSR count). The van der Waals surface area contributed by atoms with Gasteiger partial charge in [0.25, 0.3) is 0 Å². The summed E-state index contributed by atoms with van der Waals surface area (Å²) in [6, 6.07) is 7.77. The number of hydrogen-bond acceptors (Lipinski definition) is 6. The minimum absolute atomic E-state index is 0.0128. The van der Waals surface area contributed by atoms with Gasteiger partial charge in [0, 0.05) is 17.7 Å². The van der Waals surface area contributed by atoms with Gasteiger partial charge in [-0.2, -0.15) is 9.49 Å². The molecule has 0 radical (unpaired) electrons. The maximum absolute atomic E-state index is 15.1. The number of nitrogens with two attached hydrogens (primary N) is 1. The van der Waals surface area contributed by atoms with E-state index in [0.29, 0.717) is 23.3 Å². The Bertz CT molecular complexity index is 1300. The number of aromatic nitrogens is 4. The highest BCUT2D eigenvalue weighted by atomic mass is 19.2. The molecule has 1 atom stereocenters. The van der Waals surface area contributed by atoms with Crippen LogP contribution in [-0.2, 0) is 6.54 Å². The first-order chi connectivity index (χ1) is 15.5. The Kier molecular flexibility index (Phi) is 5.14. The monoisotopic (exact) mass is 440 g/mol. The van der Waals surface area contributed by atoms with E-state index in [0.717, 1.165) is 31.5 Å². The second-order valence-corrected chi connectivity index (χ2v) is 7.58. The van der Waals surface area contributed by atoms with Gasteiger partial charge in [-0.1, -0.05) is 6.07 Å². The average molecular weight is 440 g/mol. The van der Waals surface area contributed by atoms with E-state index in [1.165, 1.54) is 30.6 Å². The fraction of sp³-hybridized carbons (Fsp3) is 0.227. The molecule has 1 aliphatic heterocycles. The molecule has 1 aliphatic rings. The Morgan fingerprint density at radius 3 is 2.78 bits per heavy atom. The lowest BCUT2D eigenvalue weighted by atomic mass is 10.1. The number of nitrogens with one attached hydrogen (secondary N) is 1. The number of halogens is 3. The summed E-state index contributed by atoms with van der Waals surface area (Å²) < 4.78 is 49.4. The van der Waals surface area contributed by atoms with E-state index < -0.39 is 17.5 Å². The minimum Gasteiger partial charge on any atom is -0.454 e. The summed E-state index contributed by atoms with van der Waals surface area (Å²) in [5.74, 6) is -2.99. The first kappa shape index (κ1) is 20.3. The Balaban J connectivity index is 1.53. The molecule has 4 aromatic rings. The first-order valence-corrected chi connectivity index (χ1v) is 10.1. The largest absolute Gasteiger partial charge is 0.454 e. The molecule has 0 spiro atoms. The highest BCUT2D eigenvalue weighted by Gasteiger charge is 2.23. The van der Waals surface area contributed by atoms with Crippen LogP contribution in [0.3, 0.4) is 0 Å². The van der Waals surface area contributed by atoms with E-state index in [-0.39, 0.29) is 28.9 Å². The van der Waals surface area contributed by atoms with Gasteiger partial charge in [-0.3, -0.25) is 0 Å². The lowest BCUT2D eigenvalue weighted by molar-refractivity contribution is 0.414. The molecule has 10 heteroatoms. The zero-order chi connectivity index (χ0) is 22.2. The zero-order valence-electron chi connectivity index (χ0n) is 16.9. The van der Waals surface area contributed by atoms with Crippen molar-refractivity contribution < 1.29 is 17.9 Å². The van der Waals surface area contributed by atoms with Crippen LogP contribution in [0.2, 0.25) is 0 Å². The summed E-state index contributed by atoms with van der Waals surface area (Å²) >= 11 is 0. The van der Waals surface area contributed by atoms with Crippen LogP contribution in [0.15, 0.2) is 42.7 Å². The molecule has 2 aromatic carbocycles. The molecule has 2 aromatic heterocycles. The Morgan fingerprint density at radius 1 is 1.12 bits per heavy atom. The van der Waals surface area contributed by atoms with Crippen LogP contribution in [0.25, 0.3) is 22.3 Å². The fourth-order valence-electron chi connectivity index (χ4n) is 3.91. The van der Waals surface area contributed by atoms with E-state index >= 15 is 4.39 Å². The topological polar surface area (TPSA) is 90.9 Å². The molecule has 7 nitrogen and oxygen atoms in total. The van der Waals surface area contributed by atoms with Crippen molar-refractivity contribution in [3.8, 4) is 22.8 Å². The summed E-state index contributed by atoms with van der Waals surface area (Å²) in [6.45, 7) is 1.50. The average Bonchev–Trinajstić information content (AvgIpc) is 3.41. The standard InChI is InChI=1S/C22H19F3N6O/c23-15-4-1-5-17(19(15)25)32-13-6-7-14(16(24)9-13)20-18-21(26)28-11-29-22(18)31(30-20)10-12-3-2-8-27-12/h1,4-7,9,11-12,27H,2-3,8,10H2,(H2,26,28,29). The first-order valence-electron chi connectivity index (χ1n) is 10.1. The maximum Gasteiger partial charge on any atom is 0.201 e. The molecule has 1 saturated heterocycles. The number of fused-ring (bicyclic) bond motifs is 1. The number of rotatable bonds is 5. The molecule has 0 bridgehead atoms. The van der Waals surface area contributed by atoms with Gasteiger partial charge < -0.3 is 15.8 Å². The molecule has 32 heavy (non-hydrogen) atoms. The molecule has 0 amide bonds. The van der Waals surface area contributed by atoms with E-state index in [2.05, 4.69) is 20.4 Å². The second kappa shape index (κ2) is 8.12. The van der Waals surface area contributed by atoms with E-state index in [1.54, 1.807) is 4.68 Å². The molecule has 3 N–H and O–H groups in total. The number of ether oxygens (including phenoxy) is 1. The van der Waals surface area contributed by atoms with Crippen molar-refractivity contribution in [3.05, 3.63) is 60.2 Å². The Labute approximate surface area is 181 Å². The van der Waals surface area contributed by atoms with E-state index in [9.17, 15) is 8.78 Å². The highest BCUT2D eigenvalue weighted by Crippen LogP contribution is 2.34. The normalized spacial score (nSPS) is 16.0. The SMILES string of the molecule is Nc1ncnc2c1c(-c1ccc(Oc3cccc(F)c3F)cc1F)nn2CC1CCCN1. The lowest BCUT2D eigenvalue weighted by Gasteiger charge is -2.10. The van der Waals surface area contributed by atoms with Gasteiger partial charge in [0.15, 0.2) is 17.2 Å². The van der Waals surface area contributed by atoms with E-state index in [1.807, 2.05) is 0 Å². The van der Waals surface area contributed by atoms with Crippen LogP contribution < -0.4 is 15.8 Å². The van der Waals surface area contributed by atoms with Crippen molar-refractivity contribution in [2.45, 2.75) is 25.4 Å². The van der Waals surface area contributed by atoms with Crippen molar-refractivity contribution in [1.29, 1.82) is 0 Å². The number of benzene rings is 2. The van der Waals surface area contributed by atoms with Crippen LogP contribution in [0.1, 0.15) is 12.8 Å². The summed E-state index contributed by atoms with van der Waals surface area (Å²) in [5.41, 5.74) is 7.07. The van der Waals surface area contributed by atoms with Gasteiger partial charge in [-0.15, -0.1) is 0 Å². The maximum atomic E-state index is 15.1. The van der Waals surface area contributed by atoms with Crippen LogP contribution >= 0.6 is 0 Å². The summed E-state index contributed by atoms with van der Waals surface area (Å²) in [4.78, 5) is 8.34. The van der Waals surface area contributed by atoms with Gasteiger partial charge in [0.2, 0.25) is 5.82 Å². The van der Waals surface area contributed by atoms with Gasteiger partial charge in [0.05, 0.1) is 11.9 Å². The Hall–Kier alpha value is -3.66. The fourth-order valence-corrected chi connectivity index (χ4v) is 3.91. The van der Waals surface area contributed by atoms with Crippen LogP contribution in [0.5, 0.6) is 11.5 Å². The highest BCUT2D eigenvalue weighted by molar-refractivity contribution is 5.98. The molecule has 0 aliphatic carbocycles. The summed E-state index contributed by atoms with van der Waals surface area (Å²) in [7, 11) is 0. The third-order valence-electron chi connectivity index (χ3n) is 5.45. The summed E-state index contributed by atoms with van der Waals surface area (Å²) in [5, 5.41) is 8.44. The van der Waals surface area contributed by atoms with Gasteiger partial charge in [-0.05, 0) is 43.7 Å². The van der Waals surface area contributed by atoms with Crippen molar-refractivity contribution in [3.63, 3.8) is 0 Å². The zero-order valence-corrected chi connectivity index (χ0v) is 16.9. The molecule has 0 saturated carbocycles. The predicted octanol–water partition coefficient (Wildman–Crippen LogP) is 4.04. The molecule has 164 valence electrons. The van der Waals surface area contributed by atoms with Crippen LogP contribution in [0, 0.1) is 17.5 Å². The van der Waals surface area contributed by atoms with Crippen molar-refractivity contribution >= 4 is 16.9 Å². The number of nitrogens with zero attached hydrogens (tertiary/aromatic N) is 4. The van der Waals surface area contributed by atoms with Crippen molar-refractivity contribution in [2.24, 2.45) is 0 Å². The molecule has 3 heterocycles. The lowest BCUT2D eigenvalue weighted by Crippen LogP contribution is -2.27. The number of anilines is 1. The van der Waals surface area contributed by atoms with Crippen molar-refractivity contribution in [2.75, 3.05) is 12.3 Å². The van der Waals surface area contributed by atoms with E-state index in [4.69, 9.17) is 10.5 Å². The second-order valence-electron chi connectivity index (χ2n) is 7.58.